The number of rotatable bonds is 23. The van der Waals surface area contributed by atoms with Gasteiger partial charge in [-0.2, -0.15) is 0 Å². The Balaban J connectivity index is 0.977. The van der Waals surface area contributed by atoms with Crippen molar-refractivity contribution >= 4 is 63.5 Å². The lowest BCUT2D eigenvalue weighted by Crippen LogP contribution is -2.58. The van der Waals surface area contributed by atoms with Gasteiger partial charge >= 0.3 is 0 Å². The molecule has 19 nitrogen and oxygen atoms in total. The number of aromatic nitrogens is 1. The molecule has 3 heterocycles. The number of primary amides is 1. The summed E-state index contributed by atoms with van der Waals surface area (Å²) < 4.78 is 14.1. The molecule has 8 N–H and O–H groups in total. The van der Waals surface area contributed by atoms with Crippen molar-refractivity contribution in [2.45, 2.75) is 102 Å². The summed E-state index contributed by atoms with van der Waals surface area (Å²) in [6, 6.07) is 14.1. The highest BCUT2D eigenvalue weighted by molar-refractivity contribution is 6.00. The quantitative estimate of drug-likeness (QED) is 0.0324. The van der Waals surface area contributed by atoms with Gasteiger partial charge in [-0.1, -0.05) is 55.3 Å². The Morgan fingerprint density at radius 1 is 0.836 bits per heavy atom. The van der Waals surface area contributed by atoms with Gasteiger partial charge in [-0.25, -0.2) is 4.39 Å². The van der Waals surface area contributed by atoms with Crippen LogP contribution in [0, 0.1) is 27.8 Å². The first-order chi connectivity index (χ1) is 35.0. The standard InChI is InChI=1S/C53H65FN10O9/c1-32(65)59-43(49(55)67)20-21-47(66)56-22-5-3-4-6-23-57-50(68)35-9-8-24-63(31-35)53(71)45(26-33-12-16-38(54)17-13-33)61-52(70)44(25-34-14-18-39(19-15-34)64(72)73)60-51(69)37-27-41-40-10-7-11-42-48(40)36(29-58-42)28-46(41)62(2)30-37/h7,10-19,27,29,35,37,43-46,58H,3-6,8-9,20-26,28,30-31H2,1-2H3,(H2,55,67)(H,56,66)(H,57,68)(H,59,65)(H,60,69)(H,61,70)/t35?,37-,43+,44+,45+,46-/m1/s1. The predicted octanol–water partition coefficient (Wildman–Crippen LogP) is 3.34. The number of hydrogen-bond acceptors (Lipinski definition) is 10. The number of fused-ring (bicyclic) bond motifs is 2. The summed E-state index contributed by atoms with van der Waals surface area (Å²) in [5.74, 6) is -4.71. The number of benzene rings is 3. The van der Waals surface area contributed by atoms with Gasteiger partial charge in [0.05, 0.1) is 16.8 Å². The smallest absolute Gasteiger partial charge is 0.269 e. The van der Waals surface area contributed by atoms with Gasteiger partial charge in [-0.3, -0.25) is 48.6 Å². The van der Waals surface area contributed by atoms with Crippen LogP contribution in [0.1, 0.15) is 80.5 Å². The summed E-state index contributed by atoms with van der Waals surface area (Å²) >= 11 is 0. The molecule has 20 heteroatoms. The van der Waals surface area contributed by atoms with E-state index < -0.39 is 70.2 Å². The SMILES string of the molecule is CC(=O)N[C@@H](CCC(=O)NCCCCCCNC(=O)C1CCCN(C(=O)[C@H](Cc2ccc(F)cc2)NC(=O)[C@H](Cc2ccc([N+](=O)[O-])cc2)NC(=O)[C@@H]2C=C3c4cccc5[nH]cc(c45)C[C@H]3N(C)C2)C1)C(N)=O. The number of piperidine rings is 1. The Kier molecular flexibility index (Phi) is 18.1. The Morgan fingerprint density at radius 2 is 1.52 bits per heavy atom. The number of carbonyl (C=O) groups excluding carboxylic acids is 7. The third-order valence-electron chi connectivity index (χ3n) is 14.0. The number of nitrogens with zero attached hydrogens (tertiary/aromatic N) is 3. The van der Waals surface area contributed by atoms with E-state index in [1.165, 1.54) is 61.0 Å². The molecular weight excluding hydrogens is 940 g/mol. The van der Waals surface area contributed by atoms with Gasteiger partial charge in [0.25, 0.3) is 5.69 Å². The fraction of sp³-hybridized carbons (Fsp3) is 0.453. The second-order valence-electron chi connectivity index (χ2n) is 19.4. The molecule has 0 saturated carbocycles. The summed E-state index contributed by atoms with van der Waals surface area (Å²) in [4.78, 5) is 110. The third kappa shape index (κ3) is 14.1. The molecule has 3 aliphatic rings. The van der Waals surface area contributed by atoms with Crippen LogP contribution in [0.2, 0.25) is 0 Å². The van der Waals surface area contributed by atoms with Gasteiger partial charge < -0.3 is 42.2 Å². The Labute approximate surface area is 422 Å². The van der Waals surface area contributed by atoms with E-state index >= 15 is 0 Å². The van der Waals surface area contributed by atoms with Gasteiger partial charge in [0.2, 0.25) is 41.4 Å². The molecule has 4 aromatic rings. The number of likely N-dealkylation sites (tertiary alicyclic amines) is 1. The summed E-state index contributed by atoms with van der Waals surface area (Å²) in [6.45, 7) is 2.94. The number of aromatic amines is 1. The van der Waals surface area contributed by atoms with Crippen LogP contribution >= 0.6 is 0 Å². The van der Waals surface area contributed by atoms with E-state index in [1.807, 2.05) is 31.5 Å². The molecule has 1 fully saturated rings. The molecule has 1 aliphatic carbocycles. The van der Waals surface area contributed by atoms with Crippen molar-refractivity contribution < 1.29 is 42.9 Å². The zero-order chi connectivity index (χ0) is 52.2. The molecular formula is C53H65FN10O9. The van der Waals surface area contributed by atoms with Crippen LogP contribution in [0.5, 0.6) is 0 Å². The van der Waals surface area contributed by atoms with Gasteiger partial charge in [0, 0.05) is 94.2 Å². The first kappa shape index (κ1) is 53.3. The molecule has 2 aliphatic heterocycles. The molecule has 388 valence electrons. The van der Waals surface area contributed by atoms with Crippen LogP contribution < -0.4 is 32.3 Å². The normalized spacial score (nSPS) is 18.5. The number of likely N-dealkylation sites (N-methyl/N-ethyl adjacent to an activating group) is 1. The topological polar surface area (TPSA) is 271 Å². The Morgan fingerprint density at radius 3 is 2.21 bits per heavy atom. The molecule has 3 aromatic carbocycles. The molecule has 0 spiro atoms. The van der Waals surface area contributed by atoms with E-state index in [9.17, 15) is 48.1 Å². The van der Waals surface area contributed by atoms with Crippen molar-refractivity contribution in [3.05, 3.63) is 117 Å². The van der Waals surface area contributed by atoms with Gasteiger partial charge in [0.15, 0.2) is 0 Å². The molecule has 1 aromatic heterocycles. The summed E-state index contributed by atoms with van der Waals surface area (Å²) in [5.41, 5.74) is 10.5. The number of nitrogens with one attached hydrogen (secondary N) is 6. The van der Waals surface area contributed by atoms with Crippen molar-refractivity contribution in [2.75, 3.05) is 39.8 Å². The van der Waals surface area contributed by atoms with Crippen LogP contribution in [0.15, 0.2) is 79.0 Å². The lowest BCUT2D eigenvalue weighted by Gasteiger charge is -2.39. The number of halogens is 1. The maximum Gasteiger partial charge on any atom is 0.269 e. The molecule has 73 heavy (non-hydrogen) atoms. The first-order valence-corrected chi connectivity index (χ1v) is 25.0. The largest absolute Gasteiger partial charge is 0.368 e. The zero-order valence-electron chi connectivity index (χ0n) is 41.3. The van der Waals surface area contributed by atoms with E-state index in [0.717, 1.165) is 41.3 Å². The maximum absolute atomic E-state index is 14.6. The van der Waals surface area contributed by atoms with Crippen LogP contribution in [-0.4, -0.2) is 125 Å². The van der Waals surface area contributed by atoms with E-state index in [1.54, 1.807) is 4.90 Å². The van der Waals surface area contributed by atoms with Crippen molar-refractivity contribution in [1.29, 1.82) is 0 Å². The lowest BCUT2D eigenvalue weighted by molar-refractivity contribution is -0.384. The molecule has 0 bridgehead atoms. The van der Waals surface area contributed by atoms with Crippen molar-refractivity contribution in [3.8, 4) is 0 Å². The number of H-pyrrole nitrogens is 1. The highest BCUT2D eigenvalue weighted by Gasteiger charge is 2.38. The molecule has 1 unspecified atom stereocenters. The highest BCUT2D eigenvalue weighted by Crippen LogP contribution is 2.41. The minimum atomic E-state index is -1.21. The number of unbranched alkanes of at least 4 members (excludes halogenated alkanes) is 3. The van der Waals surface area contributed by atoms with Crippen LogP contribution in [0.4, 0.5) is 10.1 Å². The number of amides is 7. The van der Waals surface area contributed by atoms with Gasteiger partial charge in [-0.05, 0) is 91.6 Å². The second kappa shape index (κ2) is 24.8. The number of nitrogens with two attached hydrogens (primary N) is 1. The monoisotopic (exact) mass is 1000 g/mol. The number of nitro groups is 1. The molecule has 1 saturated heterocycles. The van der Waals surface area contributed by atoms with Gasteiger partial charge in [-0.15, -0.1) is 0 Å². The number of nitro benzene ring substituents is 1. The van der Waals surface area contributed by atoms with Crippen molar-refractivity contribution in [3.63, 3.8) is 0 Å². The minimum absolute atomic E-state index is 0.0119. The van der Waals surface area contributed by atoms with Gasteiger partial charge in [0.1, 0.15) is 23.9 Å². The lowest BCUT2D eigenvalue weighted by atomic mass is 9.79. The number of hydrogen-bond donors (Lipinski definition) is 7. The molecule has 0 radical (unpaired) electrons. The average Bonchev–Trinajstić information content (AvgIpc) is 3.79. The fourth-order valence-electron chi connectivity index (χ4n) is 10.1. The second-order valence-corrected chi connectivity index (χ2v) is 19.4. The number of carbonyl (C=O) groups is 7. The van der Waals surface area contributed by atoms with Crippen LogP contribution in [-0.2, 0) is 52.8 Å². The van der Waals surface area contributed by atoms with E-state index in [2.05, 4.69) is 42.5 Å². The molecule has 7 amide bonds. The van der Waals surface area contributed by atoms with Crippen LogP contribution in [0.25, 0.3) is 16.5 Å². The van der Waals surface area contributed by atoms with Crippen molar-refractivity contribution in [2.24, 2.45) is 17.6 Å². The number of non-ortho nitro benzene ring substituents is 1. The predicted molar refractivity (Wildman–Crippen MR) is 270 cm³/mol. The first-order valence-electron chi connectivity index (χ1n) is 25.0. The molecule has 6 atom stereocenters. The summed E-state index contributed by atoms with van der Waals surface area (Å²) in [7, 11) is 1.97. The third-order valence-corrected chi connectivity index (χ3v) is 14.0. The molecule has 7 rings (SSSR count). The van der Waals surface area contributed by atoms with E-state index in [4.69, 9.17) is 5.73 Å². The maximum atomic E-state index is 14.6. The van der Waals surface area contributed by atoms with Crippen molar-refractivity contribution in [1.82, 2.24) is 41.4 Å². The van der Waals surface area contributed by atoms with Crippen LogP contribution in [0.3, 0.4) is 0 Å². The zero-order valence-corrected chi connectivity index (χ0v) is 41.3. The van der Waals surface area contributed by atoms with E-state index in [-0.39, 0.29) is 55.8 Å². The summed E-state index contributed by atoms with van der Waals surface area (Å²) in [6.07, 6.45) is 8.91. The fourth-order valence-corrected chi connectivity index (χ4v) is 10.1. The summed E-state index contributed by atoms with van der Waals surface area (Å²) in [5, 5.41) is 26.7. The minimum Gasteiger partial charge on any atom is -0.368 e. The Hall–Kier alpha value is -7.48. The Bertz CT molecular complexity index is 2710. The average molecular weight is 1010 g/mol. The highest BCUT2D eigenvalue weighted by atomic mass is 19.1. The van der Waals surface area contributed by atoms with E-state index in [0.29, 0.717) is 63.0 Å².